The lowest BCUT2D eigenvalue weighted by atomic mass is 9.99. The van der Waals surface area contributed by atoms with E-state index in [0.29, 0.717) is 25.1 Å². The van der Waals surface area contributed by atoms with Crippen LogP contribution in [0.1, 0.15) is 22.9 Å². The van der Waals surface area contributed by atoms with Crippen molar-refractivity contribution in [2.45, 2.75) is 19.0 Å². The van der Waals surface area contributed by atoms with Crippen LogP contribution in [0, 0.1) is 5.82 Å². The van der Waals surface area contributed by atoms with E-state index in [2.05, 4.69) is 5.10 Å². The second-order valence-corrected chi connectivity index (χ2v) is 5.66. The molecule has 1 amide bonds. The average molecular weight is 316 g/mol. The van der Waals surface area contributed by atoms with Crippen molar-refractivity contribution in [2.75, 3.05) is 6.54 Å². The summed E-state index contributed by atoms with van der Waals surface area (Å²) in [7, 11) is 1.61. The summed E-state index contributed by atoms with van der Waals surface area (Å²) < 4.78 is 14.4. The van der Waals surface area contributed by atoms with E-state index in [1.165, 1.54) is 22.9 Å². The second kappa shape index (κ2) is 5.92. The Hall–Kier alpha value is -2.54. The molecule has 2 heterocycles. The van der Waals surface area contributed by atoms with E-state index in [-0.39, 0.29) is 11.4 Å². The Morgan fingerprint density at radius 2 is 2.04 bits per heavy atom. The Morgan fingerprint density at radius 3 is 2.70 bits per heavy atom. The molecule has 0 unspecified atom stereocenters. The number of hydrogen-bond donors (Lipinski definition) is 1. The van der Waals surface area contributed by atoms with Crippen LogP contribution >= 0.6 is 0 Å². The Morgan fingerprint density at radius 1 is 1.35 bits per heavy atom. The monoisotopic (exact) mass is 316 g/mol. The fourth-order valence-electron chi connectivity index (χ4n) is 2.94. The summed E-state index contributed by atoms with van der Waals surface area (Å²) in [4.78, 5) is 25.6. The lowest BCUT2D eigenvalue weighted by molar-refractivity contribution is -0.123. The third kappa shape index (κ3) is 3.00. The normalized spacial score (nSPS) is 15.9. The predicted molar refractivity (Wildman–Crippen MR) is 81.9 cm³/mol. The van der Waals surface area contributed by atoms with Crippen LogP contribution in [-0.4, -0.2) is 27.1 Å². The highest BCUT2D eigenvalue weighted by atomic mass is 19.1. The summed E-state index contributed by atoms with van der Waals surface area (Å²) in [6.45, 7) is 0.993. The molecule has 0 saturated heterocycles. The van der Waals surface area contributed by atoms with Gasteiger partial charge in [0, 0.05) is 32.6 Å². The van der Waals surface area contributed by atoms with E-state index < -0.39 is 11.9 Å². The minimum absolute atomic E-state index is 0.192. The van der Waals surface area contributed by atoms with Gasteiger partial charge in [0.25, 0.3) is 5.56 Å². The predicted octanol–water partition coefficient (Wildman–Crippen LogP) is 0.504. The first kappa shape index (κ1) is 15.4. The molecule has 1 aliphatic rings. The molecule has 1 aromatic heterocycles. The number of benzene rings is 1. The van der Waals surface area contributed by atoms with Gasteiger partial charge >= 0.3 is 0 Å². The minimum Gasteiger partial charge on any atom is -0.368 e. The molecule has 0 saturated carbocycles. The average Bonchev–Trinajstić information content (AvgIpc) is 2.50. The lowest BCUT2D eigenvalue weighted by Gasteiger charge is -2.33. The number of carbonyl (C=O) groups is 1. The molecule has 6 nitrogen and oxygen atoms in total. The van der Waals surface area contributed by atoms with E-state index in [4.69, 9.17) is 5.73 Å². The van der Waals surface area contributed by atoms with Crippen molar-refractivity contribution in [3.05, 3.63) is 63.3 Å². The van der Waals surface area contributed by atoms with Gasteiger partial charge in [0.15, 0.2) is 0 Å². The molecule has 2 N–H and O–H groups in total. The van der Waals surface area contributed by atoms with E-state index in [0.717, 1.165) is 11.3 Å². The van der Waals surface area contributed by atoms with Crippen molar-refractivity contribution in [1.29, 1.82) is 0 Å². The summed E-state index contributed by atoms with van der Waals surface area (Å²) in [5.41, 5.74) is 7.65. The van der Waals surface area contributed by atoms with E-state index in [1.807, 2.05) is 4.90 Å². The number of fused-ring (bicyclic) bond motifs is 1. The topological polar surface area (TPSA) is 81.2 Å². The second-order valence-electron chi connectivity index (χ2n) is 5.66. The van der Waals surface area contributed by atoms with Gasteiger partial charge in [-0.15, -0.1) is 0 Å². The van der Waals surface area contributed by atoms with Crippen molar-refractivity contribution in [1.82, 2.24) is 14.7 Å². The van der Waals surface area contributed by atoms with Crippen LogP contribution in [0.25, 0.3) is 0 Å². The van der Waals surface area contributed by atoms with Crippen molar-refractivity contribution >= 4 is 5.91 Å². The molecule has 7 heteroatoms. The highest BCUT2D eigenvalue weighted by Crippen LogP contribution is 2.26. The minimum atomic E-state index is -0.659. The maximum absolute atomic E-state index is 13.1. The zero-order valence-electron chi connectivity index (χ0n) is 12.7. The van der Waals surface area contributed by atoms with Gasteiger partial charge in [0.2, 0.25) is 5.91 Å². The number of rotatable bonds is 3. The molecule has 3 rings (SSSR count). The van der Waals surface area contributed by atoms with Gasteiger partial charge in [-0.2, -0.15) is 5.10 Å². The first-order chi connectivity index (χ1) is 11.0. The third-order valence-electron chi connectivity index (χ3n) is 4.09. The maximum Gasteiger partial charge on any atom is 0.266 e. The van der Waals surface area contributed by atoms with Crippen LogP contribution in [0.3, 0.4) is 0 Å². The summed E-state index contributed by atoms with van der Waals surface area (Å²) in [6, 6.07) is 6.61. The standard InChI is InChI=1S/C16H17FN4O2/c1-20-14(22)8-11-9-21(7-6-13(11)19-20)15(16(18)23)10-2-4-12(17)5-3-10/h2-5,8,15H,6-7,9H2,1H3,(H2,18,23)/t15-/m1/s1. The van der Waals surface area contributed by atoms with Crippen LogP contribution in [0.15, 0.2) is 35.1 Å². The maximum atomic E-state index is 13.1. The Balaban J connectivity index is 1.93. The van der Waals surface area contributed by atoms with Crippen molar-refractivity contribution < 1.29 is 9.18 Å². The fraction of sp³-hybridized carbons (Fsp3) is 0.312. The van der Waals surface area contributed by atoms with Crippen molar-refractivity contribution in [3.63, 3.8) is 0 Å². The number of aryl methyl sites for hydroxylation is 1. The fourth-order valence-corrected chi connectivity index (χ4v) is 2.94. The van der Waals surface area contributed by atoms with Crippen molar-refractivity contribution in [2.24, 2.45) is 12.8 Å². The SMILES string of the molecule is Cn1nc2c(cc1=O)CN([C@@H](C(N)=O)c1ccc(F)cc1)CC2. The van der Waals surface area contributed by atoms with Crippen LogP contribution in [0.4, 0.5) is 4.39 Å². The van der Waals surface area contributed by atoms with Gasteiger partial charge in [0.1, 0.15) is 11.9 Å². The smallest absolute Gasteiger partial charge is 0.266 e. The van der Waals surface area contributed by atoms with E-state index >= 15 is 0 Å². The molecule has 0 spiro atoms. The Kier molecular flexibility index (Phi) is 3.96. The Labute approximate surface area is 132 Å². The number of amides is 1. The number of primary amides is 1. The number of nitrogens with two attached hydrogens (primary N) is 1. The number of hydrogen-bond acceptors (Lipinski definition) is 4. The molecule has 1 aromatic carbocycles. The third-order valence-corrected chi connectivity index (χ3v) is 4.09. The van der Waals surface area contributed by atoms with Gasteiger partial charge < -0.3 is 5.73 Å². The number of halogens is 1. The lowest BCUT2D eigenvalue weighted by Crippen LogP contribution is -2.42. The van der Waals surface area contributed by atoms with Crippen LogP contribution < -0.4 is 11.3 Å². The first-order valence-corrected chi connectivity index (χ1v) is 7.30. The molecule has 0 radical (unpaired) electrons. The number of nitrogens with zero attached hydrogens (tertiary/aromatic N) is 3. The summed E-state index contributed by atoms with van der Waals surface area (Å²) >= 11 is 0. The molecule has 2 aromatic rings. The number of aromatic nitrogens is 2. The highest BCUT2D eigenvalue weighted by molar-refractivity contribution is 5.81. The van der Waals surface area contributed by atoms with Gasteiger partial charge in [-0.3, -0.25) is 14.5 Å². The van der Waals surface area contributed by atoms with Crippen LogP contribution in [-0.2, 0) is 24.8 Å². The summed E-state index contributed by atoms with van der Waals surface area (Å²) in [5, 5.41) is 4.25. The molecule has 120 valence electrons. The molecule has 23 heavy (non-hydrogen) atoms. The first-order valence-electron chi connectivity index (χ1n) is 7.30. The largest absolute Gasteiger partial charge is 0.368 e. The van der Waals surface area contributed by atoms with E-state index in [1.54, 1.807) is 19.2 Å². The molecule has 0 aliphatic carbocycles. The van der Waals surface area contributed by atoms with Gasteiger partial charge in [0.05, 0.1) is 5.69 Å². The number of carbonyl (C=O) groups excluding carboxylic acids is 1. The molecule has 1 aliphatic heterocycles. The summed E-state index contributed by atoms with van der Waals surface area (Å²) in [5.74, 6) is -0.870. The zero-order valence-corrected chi connectivity index (χ0v) is 12.7. The molecular weight excluding hydrogens is 299 g/mol. The van der Waals surface area contributed by atoms with Crippen LogP contribution in [0.2, 0.25) is 0 Å². The van der Waals surface area contributed by atoms with Gasteiger partial charge in [-0.1, -0.05) is 12.1 Å². The van der Waals surface area contributed by atoms with E-state index in [9.17, 15) is 14.0 Å². The van der Waals surface area contributed by atoms with Crippen molar-refractivity contribution in [3.8, 4) is 0 Å². The van der Waals surface area contributed by atoms with Crippen LogP contribution in [0.5, 0.6) is 0 Å². The molecule has 0 fully saturated rings. The molecule has 0 bridgehead atoms. The molecule has 1 atom stereocenters. The summed E-state index contributed by atoms with van der Waals surface area (Å²) in [6.07, 6.45) is 0.619. The highest BCUT2D eigenvalue weighted by Gasteiger charge is 2.29. The van der Waals surface area contributed by atoms with Gasteiger partial charge in [-0.25, -0.2) is 9.07 Å². The molecular formula is C16H17FN4O2. The Bertz CT molecular complexity index is 801. The zero-order chi connectivity index (χ0) is 16.6. The quantitative estimate of drug-likeness (QED) is 0.894. The van der Waals surface area contributed by atoms with Gasteiger partial charge in [-0.05, 0) is 23.3 Å².